The van der Waals surface area contributed by atoms with Gasteiger partial charge in [0, 0.05) is 24.5 Å². The molecular formula is C15H19N3O. The average Bonchev–Trinajstić information content (AvgIpc) is 2.47. The molecule has 0 radical (unpaired) electrons. The van der Waals surface area contributed by atoms with E-state index in [4.69, 9.17) is 10.5 Å². The summed E-state index contributed by atoms with van der Waals surface area (Å²) in [5.41, 5.74) is 9.17. The number of pyridine rings is 1. The molecule has 0 saturated heterocycles. The number of aromatic nitrogens is 1. The van der Waals surface area contributed by atoms with Crippen molar-refractivity contribution < 1.29 is 4.74 Å². The number of aryl methyl sites for hydroxylation is 1. The number of hydrogen-bond donors (Lipinski definition) is 2. The standard InChI is InChI=1S/C15H19N3O/c1-11-3-6-13(7-4-11)18-14(9-16)12-5-8-15(19-2)17-10-12/h3-8,10,14,18H,9,16H2,1-2H3. The van der Waals surface area contributed by atoms with Crippen molar-refractivity contribution >= 4 is 5.69 Å². The Hall–Kier alpha value is -2.07. The molecule has 1 aromatic carbocycles. The number of benzene rings is 1. The molecule has 4 nitrogen and oxygen atoms in total. The molecule has 0 spiro atoms. The molecule has 3 N–H and O–H groups in total. The number of nitrogens with one attached hydrogen (secondary N) is 1. The SMILES string of the molecule is COc1ccc(C(CN)Nc2ccc(C)cc2)cn1. The molecule has 0 bridgehead atoms. The van der Waals surface area contributed by atoms with Gasteiger partial charge in [-0.1, -0.05) is 23.8 Å². The van der Waals surface area contributed by atoms with Gasteiger partial charge in [-0.25, -0.2) is 4.98 Å². The lowest BCUT2D eigenvalue weighted by Gasteiger charge is -2.18. The van der Waals surface area contributed by atoms with Gasteiger partial charge in [0.05, 0.1) is 13.2 Å². The summed E-state index contributed by atoms with van der Waals surface area (Å²) >= 11 is 0. The zero-order valence-corrected chi connectivity index (χ0v) is 11.3. The molecule has 1 unspecified atom stereocenters. The van der Waals surface area contributed by atoms with Crippen LogP contribution in [0.1, 0.15) is 17.2 Å². The Balaban J connectivity index is 2.12. The predicted octanol–water partition coefficient (Wildman–Crippen LogP) is 2.51. The Kier molecular flexibility index (Phi) is 4.36. The summed E-state index contributed by atoms with van der Waals surface area (Å²) in [4.78, 5) is 4.20. The van der Waals surface area contributed by atoms with Crippen LogP contribution in [0.2, 0.25) is 0 Å². The van der Waals surface area contributed by atoms with Gasteiger partial charge in [-0.05, 0) is 24.6 Å². The van der Waals surface area contributed by atoms with E-state index in [1.54, 1.807) is 13.3 Å². The summed E-state index contributed by atoms with van der Waals surface area (Å²) in [6, 6.07) is 12.1. The summed E-state index contributed by atoms with van der Waals surface area (Å²) < 4.78 is 5.05. The quantitative estimate of drug-likeness (QED) is 0.864. The highest BCUT2D eigenvalue weighted by atomic mass is 16.5. The third kappa shape index (κ3) is 3.45. The fourth-order valence-electron chi connectivity index (χ4n) is 1.85. The molecule has 2 rings (SSSR count). The van der Waals surface area contributed by atoms with Crippen LogP contribution in [0, 0.1) is 6.92 Å². The summed E-state index contributed by atoms with van der Waals surface area (Å²) in [5, 5.41) is 3.40. The molecule has 0 fully saturated rings. The van der Waals surface area contributed by atoms with E-state index in [9.17, 15) is 0 Å². The van der Waals surface area contributed by atoms with Crippen LogP contribution in [0.5, 0.6) is 5.88 Å². The van der Waals surface area contributed by atoms with E-state index in [1.807, 2.05) is 12.1 Å². The van der Waals surface area contributed by atoms with Crippen molar-refractivity contribution in [2.24, 2.45) is 5.73 Å². The first-order valence-electron chi connectivity index (χ1n) is 6.26. The minimum absolute atomic E-state index is 0.0427. The Morgan fingerprint density at radius 1 is 1.21 bits per heavy atom. The summed E-state index contributed by atoms with van der Waals surface area (Å²) in [7, 11) is 1.60. The van der Waals surface area contributed by atoms with Crippen LogP contribution in [-0.4, -0.2) is 18.6 Å². The van der Waals surface area contributed by atoms with E-state index in [2.05, 4.69) is 41.5 Å². The second-order valence-electron chi connectivity index (χ2n) is 4.43. The first kappa shape index (κ1) is 13.4. The second kappa shape index (κ2) is 6.20. The first-order chi connectivity index (χ1) is 9.22. The zero-order chi connectivity index (χ0) is 13.7. The van der Waals surface area contributed by atoms with Gasteiger partial charge in [0.25, 0.3) is 0 Å². The maximum Gasteiger partial charge on any atom is 0.212 e. The third-order valence-corrected chi connectivity index (χ3v) is 3.00. The van der Waals surface area contributed by atoms with Crippen molar-refractivity contribution in [2.45, 2.75) is 13.0 Å². The fourth-order valence-corrected chi connectivity index (χ4v) is 1.85. The molecule has 1 heterocycles. The number of methoxy groups -OCH3 is 1. The topological polar surface area (TPSA) is 60.2 Å². The molecule has 0 aliphatic heterocycles. The number of hydrogen-bond acceptors (Lipinski definition) is 4. The van der Waals surface area contributed by atoms with Gasteiger partial charge in [0.2, 0.25) is 5.88 Å². The van der Waals surface area contributed by atoms with Crippen LogP contribution in [-0.2, 0) is 0 Å². The van der Waals surface area contributed by atoms with E-state index in [1.165, 1.54) is 5.56 Å². The van der Waals surface area contributed by atoms with Crippen LogP contribution < -0.4 is 15.8 Å². The summed E-state index contributed by atoms with van der Waals surface area (Å²) in [6.45, 7) is 2.57. The van der Waals surface area contributed by atoms with Crippen LogP contribution >= 0.6 is 0 Å². The van der Waals surface area contributed by atoms with Crippen molar-refractivity contribution in [3.05, 3.63) is 53.7 Å². The van der Waals surface area contributed by atoms with Crippen molar-refractivity contribution in [3.63, 3.8) is 0 Å². The van der Waals surface area contributed by atoms with Crippen LogP contribution in [0.4, 0.5) is 5.69 Å². The molecule has 100 valence electrons. The third-order valence-electron chi connectivity index (χ3n) is 3.00. The van der Waals surface area contributed by atoms with Gasteiger partial charge in [0.15, 0.2) is 0 Å². The average molecular weight is 257 g/mol. The van der Waals surface area contributed by atoms with Crippen LogP contribution in [0.25, 0.3) is 0 Å². The highest BCUT2D eigenvalue weighted by molar-refractivity contribution is 5.46. The molecule has 19 heavy (non-hydrogen) atoms. The van der Waals surface area contributed by atoms with Gasteiger partial charge in [0.1, 0.15) is 0 Å². The Bertz CT molecular complexity index is 508. The van der Waals surface area contributed by atoms with Crippen molar-refractivity contribution in [1.29, 1.82) is 0 Å². The monoisotopic (exact) mass is 257 g/mol. The number of nitrogens with zero attached hydrogens (tertiary/aromatic N) is 1. The van der Waals surface area contributed by atoms with Gasteiger partial charge < -0.3 is 15.8 Å². The van der Waals surface area contributed by atoms with Crippen LogP contribution in [0.15, 0.2) is 42.6 Å². The van der Waals surface area contributed by atoms with Crippen molar-refractivity contribution in [2.75, 3.05) is 19.0 Å². The minimum atomic E-state index is 0.0427. The van der Waals surface area contributed by atoms with Crippen molar-refractivity contribution in [3.8, 4) is 5.88 Å². The molecule has 0 aliphatic rings. The van der Waals surface area contributed by atoms with Gasteiger partial charge in [-0.3, -0.25) is 0 Å². The molecule has 2 aromatic rings. The lowest BCUT2D eigenvalue weighted by molar-refractivity contribution is 0.397. The van der Waals surface area contributed by atoms with E-state index in [0.717, 1.165) is 11.3 Å². The van der Waals surface area contributed by atoms with Crippen LogP contribution in [0.3, 0.4) is 0 Å². The van der Waals surface area contributed by atoms with E-state index >= 15 is 0 Å². The summed E-state index contributed by atoms with van der Waals surface area (Å²) in [6.07, 6.45) is 1.79. The Morgan fingerprint density at radius 3 is 2.47 bits per heavy atom. The summed E-state index contributed by atoms with van der Waals surface area (Å²) in [5.74, 6) is 0.606. The zero-order valence-electron chi connectivity index (χ0n) is 11.3. The van der Waals surface area contributed by atoms with E-state index in [-0.39, 0.29) is 6.04 Å². The number of ether oxygens (including phenoxy) is 1. The van der Waals surface area contributed by atoms with Crippen molar-refractivity contribution in [1.82, 2.24) is 4.98 Å². The molecule has 1 aromatic heterocycles. The van der Waals surface area contributed by atoms with Gasteiger partial charge >= 0.3 is 0 Å². The highest BCUT2D eigenvalue weighted by Crippen LogP contribution is 2.20. The molecular weight excluding hydrogens is 238 g/mol. The fraction of sp³-hybridized carbons (Fsp3) is 0.267. The van der Waals surface area contributed by atoms with E-state index < -0.39 is 0 Å². The number of rotatable bonds is 5. The minimum Gasteiger partial charge on any atom is -0.481 e. The maximum atomic E-state index is 5.83. The Labute approximate surface area is 113 Å². The smallest absolute Gasteiger partial charge is 0.212 e. The Morgan fingerprint density at radius 2 is 1.95 bits per heavy atom. The largest absolute Gasteiger partial charge is 0.481 e. The van der Waals surface area contributed by atoms with E-state index in [0.29, 0.717) is 12.4 Å². The molecule has 0 saturated carbocycles. The molecule has 0 aliphatic carbocycles. The lowest BCUT2D eigenvalue weighted by Crippen LogP contribution is -2.20. The maximum absolute atomic E-state index is 5.83. The van der Waals surface area contributed by atoms with Gasteiger partial charge in [-0.15, -0.1) is 0 Å². The lowest BCUT2D eigenvalue weighted by atomic mass is 10.1. The predicted molar refractivity (Wildman–Crippen MR) is 77.4 cm³/mol. The van der Waals surface area contributed by atoms with Gasteiger partial charge in [-0.2, -0.15) is 0 Å². The number of nitrogens with two attached hydrogens (primary N) is 1. The molecule has 1 atom stereocenters. The second-order valence-corrected chi connectivity index (χ2v) is 4.43. The first-order valence-corrected chi connectivity index (χ1v) is 6.26. The molecule has 4 heteroatoms. The number of anilines is 1. The highest BCUT2D eigenvalue weighted by Gasteiger charge is 2.10. The molecule has 0 amide bonds. The normalized spacial score (nSPS) is 11.9.